The number of aliphatic hydroxyl groups is 2. The quantitative estimate of drug-likeness (QED) is 0.521. The fourth-order valence-electron chi connectivity index (χ4n) is 1.40. The van der Waals surface area contributed by atoms with Gasteiger partial charge in [0.25, 0.3) is 0 Å². The Morgan fingerprint density at radius 3 is 2.58 bits per heavy atom. The Kier molecular flexibility index (Phi) is 6.34. The number of nitrogens with one attached hydrogen (secondary N) is 1. The third-order valence-corrected chi connectivity index (χ3v) is 3.82. The van der Waals surface area contributed by atoms with Gasteiger partial charge >= 0.3 is 0 Å². The molecule has 106 valence electrons. The van der Waals surface area contributed by atoms with E-state index in [4.69, 9.17) is 5.11 Å². The van der Waals surface area contributed by atoms with E-state index in [1.54, 1.807) is 25.6 Å². The van der Waals surface area contributed by atoms with Gasteiger partial charge in [-0.15, -0.1) is 11.8 Å². The summed E-state index contributed by atoms with van der Waals surface area (Å²) >= 11 is 1.64. The first-order valence-corrected chi connectivity index (χ1v) is 7.20. The van der Waals surface area contributed by atoms with E-state index >= 15 is 0 Å². The summed E-state index contributed by atoms with van der Waals surface area (Å²) in [4.78, 5) is 12.8. The highest BCUT2D eigenvalue weighted by molar-refractivity contribution is 7.99. The van der Waals surface area contributed by atoms with Gasteiger partial charge in [0.05, 0.1) is 6.61 Å². The number of hydrogen-bond acceptors (Lipinski definition) is 4. The molecule has 0 heterocycles. The molecule has 0 aromatic heterocycles. The average Bonchev–Trinajstić information content (AvgIpc) is 2.43. The maximum absolute atomic E-state index is 11.7. The first kappa shape index (κ1) is 16.0. The second kappa shape index (κ2) is 7.53. The van der Waals surface area contributed by atoms with Crippen LogP contribution in [0, 0.1) is 5.41 Å². The van der Waals surface area contributed by atoms with Crippen LogP contribution in [0.3, 0.4) is 0 Å². The predicted octanol–water partition coefficient (Wildman–Crippen LogP) is 1.27. The monoisotopic (exact) mass is 283 g/mol. The van der Waals surface area contributed by atoms with Gasteiger partial charge in [-0.1, -0.05) is 32.0 Å². The molecule has 1 aromatic rings. The molecule has 0 fully saturated rings. The van der Waals surface area contributed by atoms with Crippen molar-refractivity contribution in [2.24, 2.45) is 5.41 Å². The molecular weight excluding hydrogens is 262 g/mol. The number of rotatable bonds is 7. The van der Waals surface area contributed by atoms with Gasteiger partial charge in [-0.2, -0.15) is 0 Å². The molecule has 1 aromatic carbocycles. The normalized spacial score (nSPS) is 13.1. The highest BCUT2D eigenvalue weighted by Gasteiger charge is 2.32. The van der Waals surface area contributed by atoms with Gasteiger partial charge in [0.2, 0.25) is 5.91 Å². The Morgan fingerprint density at radius 1 is 1.37 bits per heavy atom. The Bertz CT molecular complexity index is 395. The highest BCUT2D eigenvalue weighted by atomic mass is 32.2. The van der Waals surface area contributed by atoms with Crippen LogP contribution in [0.1, 0.15) is 13.8 Å². The Labute approximate surface area is 118 Å². The fourth-order valence-corrected chi connectivity index (χ4v) is 2.19. The van der Waals surface area contributed by atoms with E-state index in [-0.39, 0.29) is 6.61 Å². The van der Waals surface area contributed by atoms with Crippen molar-refractivity contribution in [3.63, 3.8) is 0 Å². The van der Waals surface area contributed by atoms with Crippen molar-refractivity contribution in [3.8, 4) is 0 Å². The molecule has 0 radical (unpaired) electrons. The van der Waals surface area contributed by atoms with Gasteiger partial charge in [0.1, 0.15) is 6.10 Å². The summed E-state index contributed by atoms with van der Waals surface area (Å²) in [6.45, 7) is 3.54. The lowest BCUT2D eigenvalue weighted by Crippen LogP contribution is -2.46. The van der Waals surface area contributed by atoms with Crippen molar-refractivity contribution in [1.29, 1.82) is 0 Å². The van der Waals surface area contributed by atoms with E-state index in [1.165, 1.54) is 0 Å². The summed E-state index contributed by atoms with van der Waals surface area (Å²) < 4.78 is 0. The van der Waals surface area contributed by atoms with Gasteiger partial charge in [-0.25, -0.2) is 0 Å². The van der Waals surface area contributed by atoms with Crippen molar-refractivity contribution in [2.75, 3.05) is 18.9 Å². The Balaban J connectivity index is 2.28. The van der Waals surface area contributed by atoms with Crippen molar-refractivity contribution in [3.05, 3.63) is 30.3 Å². The smallest absolute Gasteiger partial charge is 0.249 e. The zero-order valence-electron chi connectivity index (χ0n) is 11.3. The SMILES string of the molecule is CC(C)(CO)C(O)C(=O)NCCSc1ccccc1. The van der Waals surface area contributed by atoms with E-state index in [0.717, 1.165) is 10.6 Å². The number of thioether (sulfide) groups is 1. The lowest BCUT2D eigenvalue weighted by atomic mass is 9.87. The molecule has 0 saturated heterocycles. The largest absolute Gasteiger partial charge is 0.396 e. The van der Waals surface area contributed by atoms with E-state index in [2.05, 4.69) is 5.32 Å². The topological polar surface area (TPSA) is 69.6 Å². The zero-order chi connectivity index (χ0) is 14.3. The highest BCUT2D eigenvalue weighted by Crippen LogP contribution is 2.20. The molecule has 0 saturated carbocycles. The molecule has 0 aliphatic carbocycles. The molecular formula is C14H21NO3S. The number of carbonyl (C=O) groups excluding carboxylic acids is 1. The van der Waals surface area contributed by atoms with E-state index in [1.807, 2.05) is 30.3 Å². The second-order valence-electron chi connectivity index (χ2n) is 5.00. The van der Waals surface area contributed by atoms with Crippen LogP contribution < -0.4 is 5.32 Å². The first-order valence-electron chi connectivity index (χ1n) is 6.22. The molecule has 5 heteroatoms. The zero-order valence-corrected chi connectivity index (χ0v) is 12.1. The van der Waals surface area contributed by atoms with Gasteiger partial charge in [-0.3, -0.25) is 4.79 Å². The van der Waals surface area contributed by atoms with Crippen molar-refractivity contribution in [2.45, 2.75) is 24.8 Å². The van der Waals surface area contributed by atoms with Crippen LogP contribution in [0.15, 0.2) is 35.2 Å². The maximum Gasteiger partial charge on any atom is 0.249 e. The molecule has 0 aliphatic rings. The third-order valence-electron chi connectivity index (χ3n) is 2.81. The summed E-state index contributed by atoms with van der Waals surface area (Å²) in [6.07, 6.45) is -1.20. The average molecular weight is 283 g/mol. The molecule has 1 unspecified atom stereocenters. The van der Waals surface area contributed by atoms with Crippen LogP contribution >= 0.6 is 11.8 Å². The predicted molar refractivity (Wildman–Crippen MR) is 77.0 cm³/mol. The second-order valence-corrected chi connectivity index (χ2v) is 6.17. The van der Waals surface area contributed by atoms with Crippen LogP contribution in [0.25, 0.3) is 0 Å². The summed E-state index contributed by atoms with van der Waals surface area (Å²) in [5, 5.41) is 21.5. The standard InChI is InChI=1S/C14H21NO3S/c1-14(2,10-16)12(17)13(18)15-8-9-19-11-6-4-3-5-7-11/h3-7,12,16-17H,8-10H2,1-2H3,(H,15,18). The van der Waals surface area contributed by atoms with Gasteiger partial charge in [0.15, 0.2) is 0 Å². The molecule has 1 rings (SSSR count). The van der Waals surface area contributed by atoms with Gasteiger partial charge < -0.3 is 15.5 Å². The third kappa shape index (κ3) is 5.22. The summed E-state index contributed by atoms with van der Waals surface area (Å²) in [5.74, 6) is 0.301. The van der Waals surface area contributed by atoms with Crippen LogP contribution in [0.5, 0.6) is 0 Å². The summed E-state index contributed by atoms with van der Waals surface area (Å²) in [5.41, 5.74) is -0.823. The summed E-state index contributed by atoms with van der Waals surface area (Å²) in [7, 11) is 0. The minimum atomic E-state index is -1.20. The number of hydrogen-bond donors (Lipinski definition) is 3. The lowest BCUT2D eigenvalue weighted by molar-refractivity contribution is -0.136. The number of aliphatic hydroxyl groups excluding tert-OH is 2. The summed E-state index contributed by atoms with van der Waals surface area (Å²) in [6, 6.07) is 9.91. The molecule has 1 atom stereocenters. The maximum atomic E-state index is 11.7. The molecule has 0 bridgehead atoms. The van der Waals surface area contributed by atoms with Gasteiger partial charge in [-0.05, 0) is 12.1 Å². The van der Waals surface area contributed by atoms with E-state index in [9.17, 15) is 9.90 Å². The molecule has 0 aliphatic heterocycles. The molecule has 1 amide bonds. The first-order chi connectivity index (χ1) is 8.97. The fraction of sp³-hybridized carbons (Fsp3) is 0.500. The Morgan fingerprint density at radius 2 is 2.00 bits per heavy atom. The Hall–Kier alpha value is -1.04. The molecule has 19 heavy (non-hydrogen) atoms. The van der Waals surface area contributed by atoms with Crippen LogP contribution in [0.4, 0.5) is 0 Å². The van der Waals surface area contributed by atoms with Crippen molar-refractivity contribution in [1.82, 2.24) is 5.32 Å². The van der Waals surface area contributed by atoms with Gasteiger partial charge in [0, 0.05) is 22.6 Å². The minimum absolute atomic E-state index is 0.236. The molecule has 3 N–H and O–H groups in total. The minimum Gasteiger partial charge on any atom is -0.396 e. The van der Waals surface area contributed by atoms with Crippen LogP contribution in [-0.4, -0.2) is 41.1 Å². The van der Waals surface area contributed by atoms with Crippen LogP contribution in [-0.2, 0) is 4.79 Å². The van der Waals surface area contributed by atoms with E-state index < -0.39 is 17.4 Å². The molecule has 4 nitrogen and oxygen atoms in total. The number of amides is 1. The molecule has 0 spiro atoms. The number of carbonyl (C=O) groups is 1. The van der Waals surface area contributed by atoms with E-state index in [0.29, 0.717) is 6.54 Å². The van der Waals surface area contributed by atoms with Crippen LogP contribution in [0.2, 0.25) is 0 Å². The van der Waals surface area contributed by atoms with Crippen molar-refractivity contribution >= 4 is 17.7 Å². The lowest BCUT2D eigenvalue weighted by Gasteiger charge is -2.27. The number of benzene rings is 1. The van der Waals surface area contributed by atoms with Crippen molar-refractivity contribution < 1.29 is 15.0 Å².